The lowest BCUT2D eigenvalue weighted by Crippen LogP contribution is -2.55. The Kier molecular flexibility index (Phi) is 9.22. The number of methoxy groups -OCH3 is 1. The molecule has 0 radical (unpaired) electrons. The third-order valence-corrected chi connectivity index (χ3v) is 9.57. The molecule has 1 aromatic heterocycles. The largest absolute Gasteiger partial charge is 0.497 e. The van der Waals surface area contributed by atoms with Gasteiger partial charge < -0.3 is 20.7 Å². The van der Waals surface area contributed by atoms with Crippen molar-refractivity contribution in [2.24, 2.45) is 11.1 Å². The SMILES string of the molecule is COc1cccc(-c2ccc(CC3(C(=O)NC4CCCCC4)CCN(C(=O)C(N)Cc4cccs4)CC3)cc2)c1. The third kappa shape index (κ3) is 6.76. The van der Waals surface area contributed by atoms with E-state index in [4.69, 9.17) is 10.5 Å². The Labute approximate surface area is 241 Å². The maximum Gasteiger partial charge on any atom is 0.239 e. The molecule has 40 heavy (non-hydrogen) atoms. The van der Waals surface area contributed by atoms with Crippen molar-refractivity contribution in [3.05, 3.63) is 76.5 Å². The highest BCUT2D eigenvalue weighted by atomic mass is 32.1. The van der Waals surface area contributed by atoms with Crippen molar-refractivity contribution < 1.29 is 14.3 Å². The Hall–Kier alpha value is -3.16. The van der Waals surface area contributed by atoms with Gasteiger partial charge in [-0.2, -0.15) is 0 Å². The van der Waals surface area contributed by atoms with Gasteiger partial charge in [0.25, 0.3) is 0 Å². The van der Waals surface area contributed by atoms with Gasteiger partial charge in [0.05, 0.1) is 18.6 Å². The summed E-state index contributed by atoms with van der Waals surface area (Å²) in [7, 11) is 1.68. The van der Waals surface area contributed by atoms with E-state index < -0.39 is 11.5 Å². The number of hydrogen-bond donors (Lipinski definition) is 2. The summed E-state index contributed by atoms with van der Waals surface area (Å²) in [5.41, 5.74) is 9.14. The van der Waals surface area contributed by atoms with Crippen LogP contribution in [-0.4, -0.2) is 49.0 Å². The number of amides is 2. The zero-order valence-corrected chi connectivity index (χ0v) is 24.3. The lowest BCUT2D eigenvalue weighted by molar-refractivity contribution is -0.141. The van der Waals surface area contributed by atoms with Crippen molar-refractivity contribution in [3.63, 3.8) is 0 Å². The van der Waals surface area contributed by atoms with Gasteiger partial charge in [0.2, 0.25) is 11.8 Å². The fourth-order valence-electron chi connectivity index (χ4n) is 6.20. The molecule has 2 amide bonds. The fourth-order valence-corrected chi connectivity index (χ4v) is 6.97. The van der Waals surface area contributed by atoms with Crippen LogP contribution in [0.1, 0.15) is 55.4 Å². The maximum atomic E-state index is 13.9. The van der Waals surface area contributed by atoms with Crippen molar-refractivity contribution in [3.8, 4) is 16.9 Å². The van der Waals surface area contributed by atoms with E-state index in [1.54, 1.807) is 18.4 Å². The van der Waals surface area contributed by atoms with Crippen LogP contribution in [0.15, 0.2) is 66.0 Å². The zero-order valence-electron chi connectivity index (χ0n) is 23.4. The normalized spacial score (nSPS) is 18.2. The molecule has 6 nitrogen and oxygen atoms in total. The molecule has 2 fully saturated rings. The molecular formula is C33H41N3O3S. The predicted octanol–water partition coefficient (Wildman–Crippen LogP) is 5.59. The first kappa shape index (κ1) is 28.4. The second-order valence-electron chi connectivity index (χ2n) is 11.4. The fraction of sp³-hybridized carbons (Fsp3) is 0.455. The minimum Gasteiger partial charge on any atom is -0.497 e. The topological polar surface area (TPSA) is 84.7 Å². The van der Waals surface area contributed by atoms with E-state index in [1.807, 2.05) is 40.6 Å². The van der Waals surface area contributed by atoms with Crippen LogP contribution in [0.3, 0.4) is 0 Å². The molecule has 1 unspecified atom stereocenters. The molecule has 0 spiro atoms. The molecule has 1 aliphatic heterocycles. The second-order valence-corrected chi connectivity index (χ2v) is 12.4. The Morgan fingerprint density at radius 1 is 1.02 bits per heavy atom. The molecule has 3 N–H and O–H groups in total. The first-order valence-corrected chi connectivity index (χ1v) is 15.4. The van der Waals surface area contributed by atoms with Crippen LogP contribution < -0.4 is 15.8 Å². The summed E-state index contributed by atoms with van der Waals surface area (Å²) >= 11 is 1.63. The van der Waals surface area contributed by atoms with E-state index in [1.165, 1.54) is 19.3 Å². The number of hydrogen-bond acceptors (Lipinski definition) is 5. The van der Waals surface area contributed by atoms with E-state index in [0.29, 0.717) is 38.8 Å². The van der Waals surface area contributed by atoms with E-state index in [2.05, 4.69) is 35.6 Å². The van der Waals surface area contributed by atoms with Gasteiger partial charge in [0, 0.05) is 30.4 Å². The molecule has 212 valence electrons. The second kappa shape index (κ2) is 13.0. The van der Waals surface area contributed by atoms with Crippen molar-refractivity contribution in [2.75, 3.05) is 20.2 Å². The number of carbonyl (C=O) groups excluding carboxylic acids is 2. The van der Waals surface area contributed by atoms with Crippen LogP contribution in [0, 0.1) is 5.41 Å². The summed E-state index contributed by atoms with van der Waals surface area (Å²) in [5, 5.41) is 5.43. The summed E-state index contributed by atoms with van der Waals surface area (Å²) in [5.74, 6) is 0.958. The molecular weight excluding hydrogens is 518 g/mol. The highest BCUT2D eigenvalue weighted by Crippen LogP contribution is 2.37. The van der Waals surface area contributed by atoms with Gasteiger partial charge in [0.1, 0.15) is 5.75 Å². The smallest absolute Gasteiger partial charge is 0.239 e. The Morgan fingerprint density at radius 2 is 1.77 bits per heavy atom. The van der Waals surface area contributed by atoms with Gasteiger partial charge >= 0.3 is 0 Å². The lowest BCUT2D eigenvalue weighted by atomic mass is 9.72. The first-order valence-electron chi connectivity index (χ1n) is 14.6. The van der Waals surface area contributed by atoms with E-state index >= 15 is 0 Å². The average Bonchev–Trinajstić information content (AvgIpc) is 3.51. The van der Waals surface area contributed by atoms with Crippen molar-refractivity contribution >= 4 is 23.2 Å². The minimum absolute atomic E-state index is 0.0164. The zero-order chi connectivity index (χ0) is 28.0. The lowest BCUT2D eigenvalue weighted by Gasteiger charge is -2.42. The van der Waals surface area contributed by atoms with Crippen LogP contribution in [0.25, 0.3) is 11.1 Å². The number of nitrogens with one attached hydrogen (secondary N) is 1. The summed E-state index contributed by atoms with van der Waals surface area (Å²) in [6, 6.07) is 20.3. The average molecular weight is 560 g/mol. The predicted molar refractivity (Wildman–Crippen MR) is 161 cm³/mol. The van der Waals surface area contributed by atoms with Gasteiger partial charge in [-0.3, -0.25) is 9.59 Å². The molecule has 0 bridgehead atoms. The summed E-state index contributed by atoms with van der Waals surface area (Å²) in [4.78, 5) is 30.1. The summed E-state index contributed by atoms with van der Waals surface area (Å²) in [6.45, 7) is 1.11. The number of ether oxygens (including phenoxy) is 1. The van der Waals surface area contributed by atoms with Crippen molar-refractivity contribution in [2.45, 2.75) is 69.9 Å². The molecule has 2 heterocycles. The highest BCUT2D eigenvalue weighted by molar-refractivity contribution is 7.09. The highest BCUT2D eigenvalue weighted by Gasteiger charge is 2.43. The van der Waals surface area contributed by atoms with E-state index in [0.717, 1.165) is 40.2 Å². The number of benzene rings is 2. The maximum absolute atomic E-state index is 13.9. The molecule has 1 atom stereocenters. The number of likely N-dealkylation sites (tertiary alicyclic amines) is 1. The van der Waals surface area contributed by atoms with Gasteiger partial charge in [-0.1, -0.05) is 61.7 Å². The van der Waals surface area contributed by atoms with Gasteiger partial charge in [-0.05, 0) is 72.4 Å². The van der Waals surface area contributed by atoms with Crippen LogP contribution in [0.2, 0.25) is 0 Å². The molecule has 3 aromatic rings. The van der Waals surface area contributed by atoms with Crippen LogP contribution in [0.5, 0.6) is 5.75 Å². The molecule has 1 saturated carbocycles. The quantitative estimate of drug-likeness (QED) is 0.358. The number of carbonyl (C=O) groups is 2. The van der Waals surface area contributed by atoms with E-state index in [-0.39, 0.29) is 17.9 Å². The molecule has 1 aliphatic carbocycles. The van der Waals surface area contributed by atoms with Gasteiger partial charge in [-0.15, -0.1) is 11.3 Å². The van der Waals surface area contributed by atoms with Gasteiger partial charge in [-0.25, -0.2) is 0 Å². The van der Waals surface area contributed by atoms with E-state index in [9.17, 15) is 9.59 Å². The summed E-state index contributed by atoms with van der Waals surface area (Å²) in [6.07, 6.45) is 8.20. The number of rotatable bonds is 9. The number of nitrogens with zero attached hydrogens (tertiary/aromatic N) is 1. The van der Waals surface area contributed by atoms with Crippen molar-refractivity contribution in [1.29, 1.82) is 0 Å². The standard InChI is InChI=1S/C33H41N3O3S/c1-39-28-10-5-7-26(21-28)25-14-12-24(13-15-25)23-33(32(38)35-27-8-3-2-4-9-27)16-18-36(19-17-33)31(37)30(34)22-29-11-6-20-40-29/h5-7,10-15,20-21,27,30H,2-4,8-9,16-19,22-23,34H2,1H3,(H,35,38). The monoisotopic (exact) mass is 559 g/mol. The number of piperidine rings is 1. The molecule has 1 saturated heterocycles. The number of thiophene rings is 1. The Balaban J connectivity index is 1.30. The van der Waals surface area contributed by atoms with Gasteiger partial charge in [0.15, 0.2) is 0 Å². The Bertz CT molecular complexity index is 1260. The third-order valence-electron chi connectivity index (χ3n) is 8.67. The molecule has 2 aliphatic rings. The van der Waals surface area contributed by atoms with Crippen LogP contribution in [-0.2, 0) is 22.4 Å². The number of nitrogens with two attached hydrogens (primary N) is 1. The van der Waals surface area contributed by atoms with Crippen molar-refractivity contribution in [1.82, 2.24) is 10.2 Å². The van der Waals surface area contributed by atoms with Crippen LogP contribution in [0.4, 0.5) is 0 Å². The molecule has 2 aromatic carbocycles. The molecule has 5 rings (SSSR count). The molecule has 7 heteroatoms. The Morgan fingerprint density at radius 3 is 2.45 bits per heavy atom. The summed E-state index contributed by atoms with van der Waals surface area (Å²) < 4.78 is 5.39. The first-order chi connectivity index (χ1) is 19.5. The van der Waals surface area contributed by atoms with Crippen LogP contribution >= 0.6 is 11.3 Å². The minimum atomic E-state index is -0.550.